The van der Waals surface area contributed by atoms with Crippen molar-refractivity contribution in [2.75, 3.05) is 14.1 Å². The van der Waals surface area contributed by atoms with Gasteiger partial charge in [-0.25, -0.2) is 4.39 Å². The van der Waals surface area contributed by atoms with E-state index in [1.165, 1.54) is 25.7 Å². The second-order valence-corrected chi connectivity index (χ2v) is 6.45. The second-order valence-electron chi connectivity index (χ2n) is 6.45. The lowest BCUT2D eigenvalue weighted by Crippen LogP contribution is -2.52. The van der Waals surface area contributed by atoms with Crippen molar-refractivity contribution < 1.29 is 4.39 Å². The number of aryl methyl sites for hydroxylation is 1. The van der Waals surface area contributed by atoms with E-state index in [4.69, 9.17) is 5.73 Å². The summed E-state index contributed by atoms with van der Waals surface area (Å²) in [6, 6.07) is 5.06. The molecule has 0 aliphatic heterocycles. The topological polar surface area (TPSA) is 29.3 Å². The molecule has 0 heterocycles. The molecule has 1 fully saturated rings. The van der Waals surface area contributed by atoms with Crippen molar-refractivity contribution in [2.45, 2.75) is 57.0 Å². The van der Waals surface area contributed by atoms with Crippen molar-refractivity contribution >= 4 is 0 Å². The average Bonchev–Trinajstić information content (AvgIpc) is 2.63. The minimum Gasteiger partial charge on any atom is -0.322 e. The van der Waals surface area contributed by atoms with Crippen LogP contribution in [0, 0.1) is 12.7 Å². The molecule has 1 aromatic carbocycles. The number of rotatable bonds is 3. The molecule has 0 saturated heterocycles. The number of likely N-dealkylation sites (N-methyl/N-ethyl adjacent to an activating group) is 1. The molecule has 1 aromatic rings. The molecule has 112 valence electrons. The molecule has 0 radical (unpaired) electrons. The molecule has 1 unspecified atom stereocenters. The first-order chi connectivity index (χ1) is 9.45. The zero-order valence-electron chi connectivity index (χ0n) is 13.0. The maximum absolute atomic E-state index is 13.7. The fourth-order valence-corrected chi connectivity index (χ4v) is 3.63. The minimum absolute atomic E-state index is 0.0449. The predicted molar refractivity (Wildman–Crippen MR) is 82.2 cm³/mol. The van der Waals surface area contributed by atoms with Crippen molar-refractivity contribution in [3.63, 3.8) is 0 Å². The zero-order chi connectivity index (χ0) is 14.8. The molecule has 3 heteroatoms. The van der Waals surface area contributed by atoms with Gasteiger partial charge in [0.25, 0.3) is 0 Å². The number of benzene rings is 1. The number of hydrogen-bond donors (Lipinski definition) is 1. The van der Waals surface area contributed by atoms with Gasteiger partial charge in [0.1, 0.15) is 5.82 Å². The lowest BCUT2D eigenvalue weighted by Gasteiger charge is -2.44. The van der Waals surface area contributed by atoms with E-state index in [-0.39, 0.29) is 17.4 Å². The second kappa shape index (κ2) is 6.23. The van der Waals surface area contributed by atoms with Crippen molar-refractivity contribution in [3.05, 3.63) is 35.1 Å². The molecule has 1 aliphatic carbocycles. The van der Waals surface area contributed by atoms with Gasteiger partial charge in [0.2, 0.25) is 0 Å². The van der Waals surface area contributed by atoms with Gasteiger partial charge < -0.3 is 10.6 Å². The van der Waals surface area contributed by atoms with Crippen LogP contribution in [-0.2, 0) is 0 Å². The maximum atomic E-state index is 13.7. The van der Waals surface area contributed by atoms with Crippen LogP contribution in [0.25, 0.3) is 0 Å². The number of nitrogens with two attached hydrogens (primary N) is 1. The van der Waals surface area contributed by atoms with Crippen molar-refractivity contribution in [1.29, 1.82) is 0 Å². The Morgan fingerprint density at radius 2 is 1.70 bits per heavy atom. The number of halogens is 1. The van der Waals surface area contributed by atoms with Crippen molar-refractivity contribution in [2.24, 2.45) is 5.73 Å². The third-order valence-electron chi connectivity index (χ3n) is 4.86. The molecule has 0 amide bonds. The number of hydrogen-bond acceptors (Lipinski definition) is 2. The van der Waals surface area contributed by atoms with E-state index in [0.29, 0.717) is 0 Å². The van der Waals surface area contributed by atoms with Crippen LogP contribution in [0.15, 0.2) is 18.2 Å². The van der Waals surface area contributed by atoms with Crippen molar-refractivity contribution in [3.8, 4) is 0 Å². The molecule has 2 rings (SSSR count). The smallest absolute Gasteiger partial charge is 0.123 e. The first-order valence-corrected chi connectivity index (χ1v) is 7.66. The fraction of sp³-hybridized carbons (Fsp3) is 0.647. The van der Waals surface area contributed by atoms with Gasteiger partial charge in [0.15, 0.2) is 0 Å². The maximum Gasteiger partial charge on any atom is 0.123 e. The normalized spacial score (nSPS) is 20.7. The molecule has 0 aromatic heterocycles. The van der Waals surface area contributed by atoms with Crippen LogP contribution in [0.5, 0.6) is 0 Å². The van der Waals surface area contributed by atoms with Gasteiger partial charge in [-0.05, 0) is 57.1 Å². The summed E-state index contributed by atoms with van der Waals surface area (Å²) in [7, 11) is 4.22. The molecule has 2 N–H and O–H groups in total. The summed E-state index contributed by atoms with van der Waals surface area (Å²) < 4.78 is 13.7. The Hall–Kier alpha value is -0.930. The minimum atomic E-state index is -0.182. The van der Waals surface area contributed by atoms with Crippen molar-refractivity contribution in [1.82, 2.24) is 4.90 Å². The molecule has 2 nitrogen and oxygen atoms in total. The van der Waals surface area contributed by atoms with Gasteiger partial charge in [0, 0.05) is 11.6 Å². The summed E-state index contributed by atoms with van der Waals surface area (Å²) >= 11 is 0. The molecular formula is C17H27FN2. The van der Waals surface area contributed by atoms with Crippen LogP contribution in [0.4, 0.5) is 4.39 Å². The van der Waals surface area contributed by atoms with Crippen LogP contribution in [0.2, 0.25) is 0 Å². The van der Waals surface area contributed by atoms with Crippen LogP contribution < -0.4 is 5.73 Å². The monoisotopic (exact) mass is 278 g/mol. The van der Waals surface area contributed by atoms with E-state index in [2.05, 4.69) is 19.0 Å². The van der Waals surface area contributed by atoms with E-state index in [1.54, 1.807) is 12.1 Å². The molecule has 20 heavy (non-hydrogen) atoms. The fourth-order valence-electron chi connectivity index (χ4n) is 3.63. The summed E-state index contributed by atoms with van der Waals surface area (Å²) in [5, 5.41) is 0. The molecular weight excluding hydrogens is 251 g/mol. The Kier molecular flexibility index (Phi) is 4.82. The summed E-state index contributed by atoms with van der Waals surface area (Å²) in [5.74, 6) is -0.182. The standard InChI is InChI=1S/C17H27FN2/c1-13-10-14(12-15(18)11-13)16(19)17(20(2)3)8-6-4-5-7-9-17/h10-12,16H,4-9,19H2,1-3H3. The van der Waals surface area contributed by atoms with Crippen LogP contribution in [0.1, 0.15) is 55.7 Å². The third kappa shape index (κ3) is 3.04. The highest BCUT2D eigenvalue weighted by molar-refractivity contribution is 5.29. The lowest BCUT2D eigenvalue weighted by atomic mass is 9.78. The summed E-state index contributed by atoms with van der Waals surface area (Å²) in [6.07, 6.45) is 7.17. The van der Waals surface area contributed by atoms with Crippen LogP contribution in [-0.4, -0.2) is 24.5 Å². The van der Waals surface area contributed by atoms with Gasteiger partial charge in [-0.2, -0.15) is 0 Å². The summed E-state index contributed by atoms with van der Waals surface area (Å²) in [6.45, 7) is 1.93. The highest BCUT2D eigenvalue weighted by Crippen LogP contribution is 2.40. The summed E-state index contributed by atoms with van der Waals surface area (Å²) in [5.41, 5.74) is 8.43. The summed E-state index contributed by atoms with van der Waals surface area (Å²) in [4.78, 5) is 2.27. The highest BCUT2D eigenvalue weighted by atomic mass is 19.1. The first-order valence-electron chi connectivity index (χ1n) is 7.66. The van der Waals surface area contributed by atoms with E-state index >= 15 is 0 Å². The molecule has 0 spiro atoms. The quantitative estimate of drug-likeness (QED) is 0.852. The molecule has 0 bridgehead atoms. The molecule has 1 atom stereocenters. The molecule has 1 saturated carbocycles. The van der Waals surface area contributed by atoms with Gasteiger partial charge in [-0.1, -0.05) is 31.7 Å². The third-order valence-corrected chi connectivity index (χ3v) is 4.86. The zero-order valence-corrected chi connectivity index (χ0v) is 13.0. The van der Waals surface area contributed by atoms with E-state index in [9.17, 15) is 4.39 Å². The SMILES string of the molecule is Cc1cc(F)cc(C(N)C2(N(C)C)CCCCCC2)c1. The number of nitrogens with zero attached hydrogens (tertiary/aromatic N) is 1. The van der Waals surface area contributed by atoms with Gasteiger partial charge in [-0.3, -0.25) is 0 Å². The van der Waals surface area contributed by atoms with E-state index in [1.807, 2.05) is 13.0 Å². The highest BCUT2D eigenvalue weighted by Gasteiger charge is 2.39. The lowest BCUT2D eigenvalue weighted by molar-refractivity contribution is 0.0967. The van der Waals surface area contributed by atoms with Gasteiger partial charge in [0.05, 0.1) is 0 Å². The average molecular weight is 278 g/mol. The Morgan fingerprint density at radius 3 is 2.20 bits per heavy atom. The Morgan fingerprint density at radius 1 is 1.10 bits per heavy atom. The van der Waals surface area contributed by atoms with Gasteiger partial charge >= 0.3 is 0 Å². The largest absolute Gasteiger partial charge is 0.322 e. The van der Waals surface area contributed by atoms with Crippen LogP contribution >= 0.6 is 0 Å². The predicted octanol–water partition coefficient (Wildman–Crippen LogP) is 3.79. The Bertz CT molecular complexity index is 428. The Balaban J connectivity index is 2.37. The first kappa shape index (κ1) is 15.5. The van der Waals surface area contributed by atoms with Crippen LogP contribution in [0.3, 0.4) is 0 Å². The van der Waals surface area contributed by atoms with E-state index in [0.717, 1.165) is 24.0 Å². The molecule has 1 aliphatic rings. The van der Waals surface area contributed by atoms with E-state index < -0.39 is 0 Å². The Labute approximate surface area is 122 Å². The van der Waals surface area contributed by atoms with Gasteiger partial charge in [-0.15, -0.1) is 0 Å².